The second-order valence-electron chi connectivity index (χ2n) is 7.18. The fourth-order valence-electron chi connectivity index (χ4n) is 4.03. The van der Waals surface area contributed by atoms with Gasteiger partial charge in [0.2, 0.25) is 0 Å². The first-order valence-electron chi connectivity index (χ1n) is 9.48. The highest BCUT2D eigenvalue weighted by atomic mass is 15.4. The monoisotopic (exact) mass is 358 g/mol. The van der Waals surface area contributed by atoms with Crippen molar-refractivity contribution in [2.75, 3.05) is 13.1 Å². The van der Waals surface area contributed by atoms with Gasteiger partial charge in [-0.05, 0) is 49.7 Å². The predicted molar refractivity (Wildman–Crippen MR) is 105 cm³/mol. The number of hydrogen-bond donors (Lipinski definition) is 1. The van der Waals surface area contributed by atoms with E-state index >= 15 is 0 Å². The quantitative estimate of drug-likeness (QED) is 0.606. The third-order valence-corrected chi connectivity index (χ3v) is 5.51. The average molecular weight is 358 g/mol. The maximum Gasteiger partial charge on any atom is 0.113 e. The lowest BCUT2D eigenvalue weighted by molar-refractivity contribution is 0.203. The van der Waals surface area contributed by atoms with Gasteiger partial charge in [0.15, 0.2) is 0 Å². The van der Waals surface area contributed by atoms with Gasteiger partial charge in [0, 0.05) is 24.4 Å². The van der Waals surface area contributed by atoms with E-state index in [1.54, 1.807) is 6.33 Å². The van der Waals surface area contributed by atoms with Crippen LogP contribution < -0.4 is 0 Å². The fraction of sp³-hybridized carbons (Fsp3) is 0.286. The van der Waals surface area contributed by atoms with Crippen LogP contribution in [0.1, 0.15) is 30.0 Å². The number of hydrogen-bond acceptors (Lipinski definition) is 4. The van der Waals surface area contributed by atoms with E-state index < -0.39 is 0 Å². The summed E-state index contributed by atoms with van der Waals surface area (Å²) in [5.74, 6) is 0.596. The van der Waals surface area contributed by atoms with Gasteiger partial charge in [-0.15, -0.1) is 5.10 Å². The van der Waals surface area contributed by atoms with Gasteiger partial charge in [0.1, 0.15) is 5.52 Å². The smallest absolute Gasteiger partial charge is 0.113 e. The Morgan fingerprint density at radius 3 is 2.67 bits per heavy atom. The zero-order valence-electron chi connectivity index (χ0n) is 15.1. The minimum Gasteiger partial charge on any atom is -0.348 e. The minimum absolute atomic E-state index is 0.596. The molecule has 4 aromatic rings. The van der Waals surface area contributed by atoms with E-state index in [1.807, 2.05) is 29.1 Å². The Morgan fingerprint density at radius 1 is 1.00 bits per heavy atom. The first kappa shape index (κ1) is 16.2. The number of aromatic nitrogens is 5. The van der Waals surface area contributed by atoms with E-state index in [4.69, 9.17) is 0 Å². The molecule has 3 heterocycles. The summed E-state index contributed by atoms with van der Waals surface area (Å²) >= 11 is 0. The SMILES string of the molecule is c1ccc(-n2nnc3ccccc32)c(CN2CCC(c3cnc[nH]3)CC2)c1. The molecule has 0 aliphatic carbocycles. The molecule has 6 heteroatoms. The number of para-hydroxylation sites is 2. The number of piperidine rings is 1. The number of nitrogens with zero attached hydrogens (tertiary/aromatic N) is 5. The predicted octanol–water partition coefficient (Wildman–Crippen LogP) is 3.52. The van der Waals surface area contributed by atoms with E-state index in [9.17, 15) is 0 Å². The van der Waals surface area contributed by atoms with Gasteiger partial charge in [-0.3, -0.25) is 4.90 Å². The maximum atomic E-state index is 4.40. The standard InChI is InChI=1S/C21H22N6/c1-3-7-20(27-21-8-4-2-6-18(21)24-25-27)17(5-1)14-26-11-9-16(10-12-26)19-13-22-15-23-19/h1-8,13,15-16H,9-12,14H2,(H,22,23). The molecule has 1 N–H and O–H groups in total. The number of likely N-dealkylation sites (tertiary alicyclic amines) is 1. The van der Waals surface area contributed by atoms with Crippen molar-refractivity contribution in [1.82, 2.24) is 29.9 Å². The zero-order valence-corrected chi connectivity index (χ0v) is 15.1. The summed E-state index contributed by atoms with van der Waals surface area (Å²) in [5.41, 5.74) is 5.63. The summed E-state index contributed by atoms with van der Waals surface area (Å²) < 4.78 is 1.96. The third kappa shape index (κ3) is 3.13. The first-order valence-corrected chi connectivity index (χ1v) is 9.48. The van der Waals surface area contributed by atoms with Crippen molar-refractivity contribution in [2.45, 2.75) is 25.3 Å². The zero-order chi connectivity index (χ0) is 18.1. The van der Waals surface area contributed by atoms with Crippen molar-refractivity contribution in [3.63, 3.8) is 0 Å². The van der Waals surface area contributed by atoms with Crippen molar-refractivity contribution >= 4 is 11.0 Å². The molecule has 0 atom stereocenters. The van der Waals surface area contributed by atoms with Crippen molar-refractivity contribution in [3.8, 4) is 5.69 Å². The van der Waals surface area contributed by atoms with E-state index in [-0.39, 0.29) is 0 Å². The molecular weight excluding hydrogens is 336 g/mol. The Hall–Kier alpha value is -2.99. The van der Waals surface area contributed by atoms with Crippen LogP contribution in [0.2, 0.25) is 0 Å². The second kappa shape index (κ2) is 6.96. The Morgan fingerprint density at radius 2 is 1.81 bits per heavy atom. The molecule has 0 amide bonds. The van der Waals surface area contributed by atoms with Crippen LogP contribution in [0.4, 0.5) is 0 Å². The molecule has 2 aromatic carbocycles. The highest BCUT2D eigenvalue weighted by Gasteiger charge is 2.22. The van der Waals surface area contributed by atoms with E-state index in [2.05, 4.69) is 55.5 Å². The van der Waals surface area contributed by atoms with Gasteiger partial charge >= 0.3 is 0 Å². The molecule has 136 valence electrons. The lowest BCUT2D eigenvalue weighted by Crippen LogP contribution is -2.32. The van der Waals surface area contributed by atoms with Crippen molar-refractivity contribution in [3.05, 3.63) is 72.3 Å². The summed E-state index contributed by atoms with van der Waals surface area (Å²) in [6.07, 6.45) is 6.07. The lowest BCUT2D eigenvalue weighted by Gasteiger charge is -2.31. The van der Waals surface area contributed by atoms with E-state index in [0.717, 1.165) is 49.2 Å². The largest absolute Gasteiger partial charge is 0.348 e. The molecule has 1 saturated heterocycles. The summed E-state index contributed by atoms with van der Waals surface area (Å²) in [6, 6.07) is 16.6. The molecule has 2 aromatic heterocycles. The van der Waals surface area contributed by atoms with Crippen molar-refractivity contribution in [2.24, 2.45) is 0 Å². The average Bonchev–Trinajstić information content (AvgIpc) is 3.39. The summed E-state index contributed by atoms with van der Waals surface area (Å²) in [5, 5.41) is 8.71. The Bertz CT molecular complexity index is 1030. The molecule has 1 aliphatic heterocycles. The van der Waals surface area contributed by atoms with E-state index in [1.165, 1.54) is 11.3 Å². The summed E-state index contributed by atoms with van der Waals surface area (Å²) in [6.45, 7) is 3.12. The van der Waals surface area contributed by atoms with Crippen molar-refractivity contribution < 1.29 is 0 Å². The highest BCUT2D eigenvalue weighted by molar-refractivity contribution is 5.76. The van der Waals surface area contributed by atoms with Gasteiger partial charge < -0.3 is 4.98 Å². The summed E-state index contributed by atoms with van der Waals surface area (Å²) in [4.78, 5) is 9.96. The Kier molecular flexibility index (Phi) is 4.18. The molecule has 0 bridgehead atoms. The topological polar surface area (TPSA) is 62.6 Å². The number of nitrogens with one attached hydrogen (secondary N) is 1. The second-order valence-corrected chi connectivity index (χ2v) is 7.18. The molecule has 0 saturated carbocycles. The number of benzene rings is 2. The van der Waals surface area contributed by atoms with Gasteiger partial charge in [-0.1, -0.05) is 35.5 Å². The normalized spacial score (nSPS) is 16.1. The lowest BCUT2D eigenvalue weighted by atomic mass is 9.94. The van der Waals surface area contributed by atoms with Crippen LogP contribution in [0, 0.1) is 0 Å². The first-order chi connectivity index (χ1) is 13.4. The van der Waals surface area contributed by atoms with Crippen LogP contribution in [0.25, 0.3) is 16.7 Å². The number of aromatic amines is 1. The van der Waals surface area contributed by atoms with Gasteiger partial charge in [-0.25, -0.2) is 9.67 Å². The molecule has 27 heavy (non-hydrogen) atoms. The molecule has 1 aliphatic rings. The Labute approximate surface area is 157 Å². The van der Waals surface area contributed by atoms with Crippen LogP contribution in [-0.4, -0.2) is 43.0 Å². The molecular formula is C21H22N6. The van der Waals surface area contributed by atoms with Crippen LogP contribution in [0.15, 0.2) is 61.1 Å². The molecule has 0 spiro atoms. The summed E-state index contributed by atoms with van der Waals surface area (Å²) in [7, 11) is 0. The van der Waals surface area contributed by atoms with E-state index in [0.29, 0.717) is 5.92 Å². The molecule has 6 nitrogen and oxygen atoms in total. The molecule has 1 fully saturated rings. The molecule has 5 rings (SSSR count). The highest BCUT2D eigenvalue weighted by Crippen LogP contribution is 2.28. The Balaban J connectivity index is 1.36. The van der Waals surface area contributed by atoms with Crippen LogP contribution in [-0.2, 0) is 6.54 Å². The maximum absolute atomic E-state index is 4.40. The van der Waals surface area contributed by atoms with Crippen LogP contribution in [0.5, 0.6) is 0 Å². The number of rotatable bonds is 4. The number of imidazole rings is 1. The molecule has 0 radical (unpaired) electrons. The molecule has 0 unspecified atom stereocenters. The van der Waals surface area contributed by atoms with Crippen molar-refractivity contribution in [1.29, 1.82) is 0 Å². The fourth-order valence-corrected chi connectivity index (χ4v) is 4.03. The number of fused-ring (bicyclic) bond motifs is 1. The number of H-pyrrole nitrogens is 1. The minimum atomic E-state index is 0.596. The van der Waals surface area contributed by atoms with Gasteiger partial charge in [0.25, 0.3) is 0 Å². The van der Waals surface area contributed by atoms with Gasteiger partial charge in [-0.2, -0.15) is 0 Å². The van der Waals surface area contributed by atoms with Gasteiger partial charge in [0.05, 0.1) is 17.5 Å². The van der Waals surface area contributed by atoms with Crippen LogP contribution in [0.3, 0.4) is 0 Å². The third-order valence-electron chi connectivity index (χ3n) is 5.51. The van der Waals surface area contributed by atoms with Crippen LogP contribution >= 0.6 is 0 Å².